The quantitative estimate of drug-likeness (QED) is 0.796. The Morgan fingerprint density at radius 3 is 2.81 bits per heavy atom. The summed E-state index contributed by atoms with van der Waals surface area (Å²) in [5, 5.41) is 13.6. The average molecular weight is 321 g/mol. The number of carboxylic acid groups (broad SMARTS) is 1. The Morgan fingerprint density at radius 2 is 2.19 bits per heavy atom. The summed E-state index contributed by atoms with van der Waals surface area (Å²) >= 11 is 2.90. The molecule has 0 saturated heterocycles. The van der Waals surface area contributed by atoms with Gasteiger partial charge in [-0.15, -0.1) is 22.7 Å². The molecule has 2 aromatic rings. The highest BCUT2D eigenvalue weighted by Crippen LogP contribution is 2.24. The van der Waals surface area contributed by atoms with Gasteiger partial charge in [0.2, 0.25) is 0 Å². The number of thiophene rings is 2. The number of amides is 1. The fourth-order valence-corrected chi connectivity index (χ4v) is 3.49. The van der Waals surface area contributed by atoms with Crippen LogP contribution in [0, 0.1) is 0 Å². The normalized spacial score (nSPS) is 12.4. The first-order valence-corrected chi connectivity index (χ1v) is 8.15. The van der Waals surface area contributed by atoms with Gasteiger partial charge in [-0.1, -0.05) is 13.0 Å². The molecular weight excluding hydrogens is 306 g/mol. The van der Waals surface area contributed by atoms with Gasteiger partial charge in [0.25, 0.3) is 5.91 Å². The van der Waals surface area contributed by atoms with E-state index in [0.717, 1.165) is 22.3 Å². The predicted molar refractivity (Wildman–Crippen MR) is 85.8 cm³/mol. The van der Waals surface area contributed by atoms with Crippen molar-refractivity contribution in [3.8, 4) is 0 Å². The van der Waals surface area contributed by atoms with Gasteiger partial charge in [0.15, 0.2) is 0 Å². The number of hydrogen-bond donors (Lipinski definition) is 2. The van der Waals surface area contributed by atoms with Crippen molar-refractivity contribution in [1.29, 1.82) is 0 Å². The zero-order chi connectivity index (χ0) is 15.2. The van der Waals surface area contributed by atoms with E-state index in [0.29, 0.717) is 4.88 Å². The minimum atomic E-state index is -1.00. The van der Waals surface area contributed by atoms with Crippen LogP contribution in [-0.2, 0) is 4.79 Å². The molecule has 2 heterocycles. The first-order valence-electron chi connectivity index (χ1n) is 6.45. The van der Waals surface area contributed by atoms with Crippen LogP contribution in [0.25, 0.3) is 6.08 Å². The van der Waals surface area contributed by atoms with Crippen molar-refractivity contribution in [2.75, 3.05) is 0 Å². The van der Waals surface area contributed by atoms with Crippen LogP contribution in [0.15, 0.2) is 35.7 Å². The molecule has 6 heteroatoms. The third-order valence-corrected chi connectivity index (χ3v) is 4.88. The maximum absolute atomic E-state index is 12.2. The van der Waals surface area contributed by atoms with Gasteiger partial charge in [-0.2, -0.15) is 0 Å². The lowest BCUT2D eigenvalue weighted by atomic mass is 10.2. The summed E-state index contributed by atoms with van der Waals surface area (Å²) in [6.07, 6.45) is 3.37. The molecule has 0 fully saturated rings. The fourth-order valence-electron chi connectivity index (χ4n) is 1.81. The van der Waals surface area contributed by atoms with E-state index in [-0.39, 0.29) is 11.9 Å². The third kappa shape index (κ3) is 4.27. The molecule has 0 aliphatic carbocycles. The van der Waals surface area contributed by atoms with Crippen molar-refractivity contribution in [3.63, 3.8) is 0 Å². The van der Waals surface area contributed by atoms with Crippen molar-refractivity contribution in [2.24, 2.45) is 0 Å². The van der Waals surface area contributed by atoms with Gasteiger partial charge >= 0.3 is 5.97 Å². The average Bonchev–Trinajstić information content (AvgIpc) is 3.13. The monoisotopic (exact) mass is 321 g/mol. The lowest BCUT2D eigenvalue weighted by Gasteiger charge is -2.14. The minimum absolute atomic E-state index is 0.0117. The van der Waals surface area contributed by atoms with Gasteiger partial charge in [0, 0.05) is 15.8 Å². The summed E-state index contributed by atoms with van der Waals surface area (Å²) < 4.78 is 0. The third-order valence-electron chi connectivity index (χ3n) is 2.84. The van der Waals surface area contributed by atoms with Gasteiger partial charge in [-0.05, 0) is 36.1 Å². The Labute approximate surface area is 130 Å². The Bertz CT molecular complexity index is 644. The first-order chi connectivity index (χ1) is 10.1. The molecule has 0 saturated carbocycles. The largest absolute Gasteiger partial charge is 0.478 e. The highest BCUT2D eigenvalue weighted by molar-refractivity contribution is 7.14. The topological polar surface area (TPSA) is 66.4 Å². The first kappa shape index (κ1) is 15.5. The molecule has 110 valence electrons. The van der Waals surface area contributed by atoms with E-state index in [2.05, 4.69) is 5.32 Å². The Balaban J connectivity index is 2.05. The van der Waals surface area contributed by atoms with Crippen molar-refractivity contribution >= 4 is 40.6 Å². The summed E-state index contributed by atoms with van der Waals surface area (Å²) in [6, 6.07) is 7.44. The van der Waals surface area contributed by atoms with Crippen LogP contribution >= 0.6 is 22.7 Å². The second-order valence-corrected chi connectivity index (χ2v) is 6.42. The van der Waals surface area contributed by atoms with Gasteiger partial charge < -0.3 is 10.4 Å². The van der Waals surface area contributed by atoms with Crippen LogP contribution in [-0.4, -0.2) is 17.0 Å². The second kappa shape index (κ2) is 7.19. The number of rotatable bonds is 6. The van der Waals surface area contributed by atoms with Crippen LogP contribution in [0.3, 0.4) is 0 Å². The number of carboxylic acids is 1. The standard InChI is InChI=1S/C15H15NO3S2/c1-2-11(12-4-3-9-20-12)16-15(19)13-7-5-10(21-13)6-8-14(17)18/h3-9,11H,2H2,1H3,(H,16,19)(H,17,18). The molecule has 0 aliphatic heterocycles. The zero-order valence-corrected chi connectivity index (χ0v) is 13.0. The molecular formula is C15H15NO3S2. The van der Waals surface area contributed by atoms with E-state index in [1.807, 2.05) is 24.4 Å². The van der Waals surface area contributed by atoms with Crippen LogP contribution in [0.5, 0.6) is 0 Å². The highest BCUT2D eigenvalue weighted by atomic mass is 32.1. The molecule has 21 heavy (non-hydrogen) atoms. The number of carbonyl (C=O) groups excluding carboxylic acids is 1. The van der Waals surface area contributed by atoms with Gasteiger partial charge in [-0.3, -0.25) is 4.79 Å². The molecule has 4 nitrogen and oxygen atoms in total. The fraction of sp³-hybridized carbons (Fsp3) is 0.200. The van der Waals surface area contributed by atoms with Gasteiger partial charge in [-0.25, -0.2) is 4.79 Å². The van der Waals surface area contributed by atoms with E-state index in [4.69, 9.17) is 5.11 Å². The van der Waals surface area contributed by atoms with Gasteiger partial charge in [0.05, 0.1) is 10.9 Å². The Morgan fingerprint density at radius 1 is 1.38 bits per heavy atom. The molecule has 0 bridgehead atoms. The van der Waals surface area contributed by atoms with Crippen molar-refractivity contribution in [3.05, 3.63) is 50.4 Å². The van der Waals surface area contributed by atoms with Crippen molar-refractivity contribution < 1.29 is 14.7 Å². The maximum atomic E-state index is 12.2. The van der Waals surface area contributed by atoms with E-state index < -0.39 is 5.97 Å². The molecule has 0 spiro atoms. The molecule has 2 N–H and O–H groups in total. The van der Waals surface area contributed by atoms with E-state index in [1.54, 1.807) is 23.5 Å². The van der Waals surface area contributed by atoms with E-state index in [9.17, 15) is 9.59 Å². The number of nitrogens with one attached hydrogen (secondary N) is 1. The Hall–Kier alpha value is -1.92. The zero-order valence-electron chi connectivity index (χ0n) is 11.4. The summed E-state index contributed by atoms with van der Waals surface area (Å²) in [7, 11) is 0. The molecule has 0 aliphatic rings. The highest BCUT2D eigenvalue weighted by Gasteiger charge is 2.16. The molecule has 0 aromatic carbocycles. The van der Waals surface area contributed by atoms with Crippen LogP contribution < -0.4 is 5.32 Å². The van der Waals surface area contributed by atoms with E-state index in [1.165, 1.54) is 17.4 Å². The maximum Gasteiger partial charge on any atom is 0.328 e. The molecule has 1 unspecified atom stereocenters. The van der Waals surface area contributed by atoms with Gasteiger partial charge in [0.1, 0.15) is 0 Å². The SMILES string of the molecule is CCC(NC(=O)c1ccc(C=CC(=O)O)s1)c1cccs1. The number of carbonyl (C=O) groups is 2. The van der Waals surface area contributed by atoms with E-state index >= 15 is 0 Å². The molecule has 2 rings (SSSR count). The molecule has 2 aromatic heterocycles. The number of aliphatic carboxylic acids is 1. The smallest absolute Gasteiger partial charge is 0.328 e. The van der Waals surface area contributed by atoms with Crippen LogP contribution in [0.1, 0.15) is 38.8 Å². The van der Waals surface area contributed by atoms with Crippen molar-refractivity contribution in [1.82, 2.24) is 5.32 Å². The lowest BCUT2D eigenvalue weighted by molar-refractivity contribution is -0.131. The lowest BCUT2D eigenvalue weighted by Crippen LogP contribution is -2.26. The van der Waals surface area contributed by atoms with Crippen LogP contribution in [0.2, 0.25) is 0 Å². The molecule has 0 radical (unpaired) electrons. The molecule has 1 atom stereocenters. The summed E-state index contributed by atoms with van der Waals surface area (Å²) in [4.78, 5) is 25.1. The second-order valence-electron chi connectivity index (χ2n) is 4.32. The van der Waals surface area contributed by atoms with Crippen molar-refractivity contribution in [2.45, 2.75) is 19.4 Å². The predicted octanol–water partition coefficient (Wildman–Crippen LogP) is 3.79. The summed E-state index contributed by atoms with van der Waals surface area (Å²) in [5.74, 6) is -1.13. The van der Waals surface area contributed by atoms with Crippen LogP contribution in [0.4, 0.5) is 0 Å². The number of hydrogen-bond acceptors (Lipinski definition) is 4. The minimum Gasteiger partial charge on any atom is -0.478 e. The summed E-state index contributed by atoms with van der Waals surface area (Å²) in [6.45, 7) is 2.03. The summed E-state index contributed by atoms with van der Waals surface area (Å²) in [5.41, 5.74) is 0. The Kier molecular flexibility index (Phi) is 5.30. The molecule has 1 amide bonds.